The molecule has 3 aromatic rings. The molecule has 0 saturated heterocycles. The number of aromatic nitrogens is 4. The van der Waals surface area contributed by atoms with Gasteiger partial charge in [-0.1, -0.05) is 41.4 Å². The van der Waals surface area contributed by atoms with Crippen molar-refractivity contribution in [3.05, 3.63) is 58.6 Å². The Morgan fingerprint density at radius 3 is 2.74 bits per heavy atom. The summed E-state index contributed by atoms with van der Waals surface area (Å²) in [5.74, 6) is 0.0848. The fourth-order valence-electron chi connectivity index (χ4n) is 1.96. The number of halogens is 2. The molecule has 6 nitrogen and oxygen atoms in total. The highest BCUT2D eigenvalue weighted by molar-refractivity contribution is 6.33. The quantitative estimate of drug-likeness (QED) is 0.785. The van der Waals surface area contributed by atoms with E-state index in [2.05, 4.69) is 20.7 Å². The lowest BCUT2D eigenvalue weighted by molar-refractivity contribution is -0.117. The third-order valence-corrected chi connectivity index (χ3v) is 3.53. The molecular formula is C15H11Cl2N5O. The van der Waals surface area contributed by atoms with Crippen molar-refractivity contribution in [2.75, 3.05) is 5.32 Å². The second kappa shape index (κ2) is 6.76. The van der Waals surface area contributed by atoms with E-state index in [0.29, 0.717) is 27.1 Å². The van der Waals surface area contributed by atoms with Crippen LogP contribution in [0.15, 0.2) is 48.5 Å². The van der Waals surface area contributed by atoms with E-state index >= 15 is 0 Å². The largest absolute Gasteiger partial charge is 0.324 e. The number of nitrogens with one attached hydrogen (secondary N) is 1. The zero-order valence-electron chi connectivity index (χ0n) is 11.8. The smallest absolute Gasteiger partial charge is 0.248 e. The van der Waals surface area contributed by atoms with Crippen LogP contribution in [0.3, 0.4) is 0 Å². The number of carbonyl (C=O) groups is 1. The van der Waals surface area contributed by atoms with Crippen LogP contribution in [0.25, 0.3) is 11.4 Å². The van der Waals surface area contributed by atoms with E-state index in [0.717, 1.165) is 0 Å². The Morgan fingerprint density at radius 1 is 1.13 bits per heavy atom. The molecule has 0 aliphatic carbocycles. The first-order valence-corrected chi connectivity index (χ1v) is 7.45. The normalized spacial score (nSPS) is 10.5. The highest BCUT2D eigenvalue weighted by Gasteiger charge is 2.11. The summed E-state index contributed by atoms with van der Waals surface area (Å²) in [5.41, 5.74) is 1.27. The van der Waals surface area contributed by atoms with Crippen molar-refractivity contribution in [3.8, 4) is 11.4 Å². The van der Waals surface area contributed by atoms with Crippen LogP contribution in [0.2, 0.25) is 10.0 Å². The molecule has 0 aliphatic rings. The van der Waals surface area contributed by atoms with Crippen molar-refractivity contribution in [3.63, 3.8) is 0 Å². The molecule has 0 bridgehead atoms. The van der Waals surface area contributed by atoms with E-state index in [4.69, 9.17) is 23.2 Å². The zero-order valence-corrected chi connectivity index (χ0v) is 13.3. The average molecular weight is 348 g/mol. The molecule has 1 N–H and O–H groups in total. The first-order valence-electron chi connectivity index (χ1n) is 6.70. The number of benzene rings is 2. The molecule has 0 radical (unpaired) electrons. The lowest BCUT2D eigenvalue weighted by Crippen LogP contribution is -2.20. The molecule has 0 saturated carbocycles. The van der Waals surface area contributed by atoms with Gasteiger partial charge in [0.15, 0.2) is 0 Å². The van der Waals surface area contributed by atoms with Crippen LogP contribution in [-0.4, -0.2) is 26.1 Å². The summed E-state index contributed by atoms with van der Waals surface area (Å²) in [5, 5.41) is 15.7. The molecule has 0 fully saturated rings. The van der Waals surface area contributed by atoms with Gasteiger partial charge in [-0.25, -0.2) is 0 Å². The van der Waals surface area contributed by atoms with Crippen LogP contribution in [0.4, 0.5) is 5.69 Å². The van der Waals surface area contributed by atoms with Gasteiger partial charge < -0.3 is 5.32 Å². The van der Waals surface area contributed by atoms with E-state index in [1.165, 1.54) is 4.80 Å². The molecule has 1 amide bonds. The maximum absolute atomic E-state index is 12.0. The summed E-state index contributed by atoms with van der Waals surface area (Å²) in [6.45, 7) is -0.0655. The highest BCUT2D eigenvalue weighted by atomic mass is 35.5. The second-order valence-electron chi connectivity index (χ2n) is 4.68. The van der Waals surface area contributed by atoms with Gasteiger partial charge in [-0.2, -0.15) is 4.80 Å². The Kier molecular flexibility index (Phi) is 4.55. The Morgan fingerprint density at radius 2 is 1.96 bits per heavy atom. The second-order valence-corrected chi connectivity index (χ2v) is 5.53. The number of carbonyl (C=O) groups excluding carboxylic acids is 1. The van der Waals surface area contributed by atoms with Crippen LogP contribution in [0.1, 0.15) is 0 Å². The Bertz CT molecular complexity index is 849. The molecular weight excluding hydrogens is 337 g/mol. The third-order valence-electron chi connectivity index (χ3n) is 2.96. The first kappa shape index (κ1) is 15.5. The molecule has 1 aromatic heterocycles. The molecule has 116 valence electrons. The van der Waals surface area contributed by atoms with Crippen molar-refractivity contribution in [1.29, 1.82) is 0 Å². The number of amides is 1. The van der Waals surface area contributed by atoms with E-state index < -0.39 is 0 Å². The molecule has 8 heteroatoms. The van der Waals surface area contributed by atoms with Gasteiger partial charge in [0.05, 0.1) is 5.02 Å². The van der Waals surface area contributed by atoms with E-state index in [1.807, 2.05) is 12.1 Å². The van der Waals surface area contributed by atoms with Gasteiger partial charge in [0, 0.05) is 16.3 Å². The fourth-order valence-corrected chi connectivity index (χ4v) is 2.37. The van der Waals surface area contributed by atoms with Crippen molar-refractivity contribution < 1.29 is 4.79 Å². The van der Waals surface area contributed by atoms with Gasteiger partial charge >= 0.3 is 0 Å². The number of anilines is 1. The zero-order chi connectivity index (χ0) is 16.2. The maximum Gasteiger partial charge on any atom is 0.248 e. The van der Waals surface area contributed by atoms with Crippen molar-refractivity contribution in [1.82, 2.24) is 20.2 Å². The van der Waals surface area contributed by atoms with Gasteiger partial charge in [0.2, 0.25) is 11.7 Å². The van der Waals surface area contributed by atoms with Gasteiger partial charge in [-0.3, -0.25) is 4.79 Å². The summed E-state index contributed by atoms with van der Waals surface area (Å²) in [7, 11) is 0. The molecule has 1 heterocycles. The van der Waals surface area contributed by atoms with Crippen molar-refractivity contribution in [2.24, 2.45) is 0 Å². The summed E-state index contributed by atoms with van der Waals surface area (Å²) in [6.07, 6.45) is 0. The van der Waals surface area contributed by atoms with Crippen LogP contribution in [0, 0.1) is 0 Å². The first-order chi connectivity index (χ1) is 11.1. The van der Waals surface area contributed by atoms with Crippen LogP contribution in [-0.2, 0) is 11.3 Å². The number of nitrogens with zero attached hydrogens (tertiary/aromatic N) is 4. The van der Waals surface area contributed by atoms with Crippen molar-refractivity contribution >= 4 is 34.8 Å². The van der Waals surface area contributed by atoms with Gasteiger partial charge in [-0.05, 0) is 35.5 Å². The van der Waals surface area contributed by atoms with E-state index in [9.17, 15) is 4.79 Å². The van der Waals surface area contributed by atoms with Gasteiger partial charge in [-0.15, -0.1) is 10.2 Å². The SMILES string of the molecule is O=C(Cn1nnc(-c2ccccc2Cl)n1)Nc1cccc(Cl)c1. The highest BCUT2D eigenvalue weighted by Crippen LogP contribution is 2.23. The standard InChI is InChI=1S/C15H11Cl2N5O/c16-10-4-3-5-11(8-10)18-14(23)9-22-20-15(19-21-22)12-6-1-2-7-13(12)17/h1-8H,9H2,(H,18,23). The Labute approximate surface area is 142 Å². The van der Waals surface area contributed by atoms with E-state index in [1.54, 1.807) is 36.4 Å². The third kappa shape index (κ3) is 3.85. The lowest BCUT2D eigenvalue weighted by Gasteiger charge is -2.04. The summed E-state index contributed by atoms with van der Waals surface area (Å²) in [6, 6.07) is 14.0. The van der Waals surface area contributed by atoms with Crippen LogP contribution >= 0.6 is 23.2 Å². The summed E-state index contributed by atoms with van der Waals surface area (Å²) in [4.78, 5) is 13.2. The fraction of sp³-hybridized carbons (Fsp3) is 0.0667. The number of rotatable bonds is 4. The Balaban J connectivity index is 1.69. The molecule has 2 aromatic carbocycles. The molecule has 0 atom stereocenters. The monoisotopic (exact) mass is 347 g/mol. The van der Waals surface area contributed by atoms with Crippen LogP contribution in [0.5, 0.6) is 0 Å². The number of hydrogen-bond donors (Lipinski definition) is 1. The van der Waals surface area contributed by atoms with Gasteiger partial charge in [0.25, 0.3) is 0 Å². The Hall–Kier alpha value is -2.44. The summed E-state index contributed by atoms with van der Waals surface area (Å²) < 4.78 is 0. The van der Waals surface area contributed by atoms with E-state index in [-0.39, 0.29) is 12.5 Å². The molecule has 0 aliphatic heterocycles. The topological polar surface area (TPSA) is 72.7 Å². The number of hydrogen-bond acceptors (Lipinski definition) is 4. The predicted molar refractivity (Wildman–Crippen MR) is 88.3 cm³/mol. The predicted octanol–water partition coefficient (Wildman–Crippen LogP) is 3.29. The lowest BCUT2D eigenvalue weighted by atomic mass is 10.2. The summed E-state index contributed by atoms with van der Waals surface area (Å²) >= 11 is 12.0. The molecule has 3 rings (SSSR count). The minimum atomic E-state index is -0.282. The minimum Gasteiger partial charge on any atom is -0.324 e. The van der Waals surface area contributed by atoms with Crippen LogP contribution < -0.4 is 5.32 Å². The molecule has 0 unspecified atom stereocenters. The average Bonchev–Trinajstić information content (AvgIpc) is 2.95. The van der Waals surface area contributed by atoms with Crippen molar-refractivity contribution in [2.45, 2.75) is 6.54 Å². The minimum absolute atomic E-state index is 0.0655. The number of tetrazole rings is 1. The molecule has 0 spiro atoms. The molecule has 23 heavy (non-hydrogen) atoms. The van der Waals surface area contributed by atoms with Gasteiger partial charge in [0.1, 0.15) is 6.54 Å². The maximum atomic E-state index is 12.0.